The predicted molar refractivity (Wildman–Crippen MR) is 79.8 cm³/mol. The molecule has 0 atom stereocenters. The van der Waals surface area contributed by atoms with Crippen molar-refractivity contribution in [1.29, 1.82) is 0 Å². The first-order valence-corrected chi connectivity index (χ1v) is 7.67. The number of carbonyl (C=O) groups is 2. The van der Waals surface area contributed by atoms with Crippen molar-refractivity contribution < 1.29 is 19.8 Å². The van der Waals surface area contributed by atoms with Crippen molar-refractivity contribution in [2.24, 2.45) is 0 Å². The quantitative estimate of drug-likeness (QED) is 0.411. The maximum atomic E-state index is 11.0. The molecule has 0 amide bonds. The van der Waals surface area contributed by atoms with Crippen LogP contribution < -0.4 is 0 Å². The van der Waals surface area contributed by atoms with Crippen molar-refractivity contribution in [3.63, 3.8) is 0 Å². The van der Waals surface area contributed by atoms with Crippen LogP contribution in [-0.4, -0.2) is 22.2 Å². The van der Waals surface area contributed by atoms with Crippen molar-refractivity contribution in [3.05, 3.63) is 11.1 Å². The number of rotatable bonds is 12. The van der Waals surface area contributed by atoms with Gasteiger partial charge in [0.15, 0.2) is 0 Å². The van der Waals surface area contributed by atoms with E-state index in [4.69, 9.17) is 10.2 Å². The molecule has 0 spiro atoms. The number of carboxylic acid groups (broad SMARTS) is 2. The zero-order valence-electron chi connectivity index (χ0n) is 12.8. The maximum Gasteiger partial charge on any atom is 0.332 e. The molecule has 0 fully saturated rings. The van der Waals surface area contributed by atoms with E-state index < -0.39 is 11.9 Å². The van der Waals surface area contributed by atoms with Crippen LogP contribution in [0.25, 0.3) is 0 Å². The van der Waals surface area contributed by atoms with Crippen LogP contribution in [0.5, 0.6) is 0 Å². The molecule has 0 saturated carbocycles. The highest BCUT2D eigenvalue weighted by molar-refractivity contribution is 5.98. The molecule has 0 aliphatic rings. The maximum absolute atomic E-state index is 11.0. The zero-order chi connectivity index (χ0) is 15.4. The summed E-state index contributed by atoms with van der Waals surface area (Å²) in [5, 5.41) is 17.8. The third-order valence-electron chi connectivity index (χ3n) is 3.56. The largest absolute Gasteiger partial charge is 0.478 e. The van der Waals surface area contributed by atoms with E-state index in [0.29, 0.717) is 6.42 Å². The smallest absolute Gasteiger partial charge is 0.332 e. The Morgan fingerprint density at radius 1 is 0.750 bits per heavy atom. The van der Waals surface area contributed by atoms with Gasteiger partial charge in [0.25, 0.3) is 0 Å². The molecule has 0 aromatic carbocycles. The summed E-state index contributed by atoms with van der Waals surface area (Å²) in [6, 6.07) is 0. The molecule has 0 aliphatic carbocycles. The van der Waals surface area contributed by atoms with Gasteiger partial charge in [0.1, 0.15) is 0 Å². The number of hydrogen-bond acceptors (Lipinski definition) is 2. The second-order valence-electron chi connectivity index (χ2n) is 5.29. The molecule has 116 valence electrons. The van der Waals surface area contributed by atoms with Gasteiger partial charge < -0.3 is 10.2 Å². The summed E-state index contributed by atoms with van der Waals surface area (Å²) in [6.07, 6.45) is 10.8. The monoisotopic (exact) mass is 284 g/mol. The molecular weight excluding hydrogens is 256 g/mol. The summed E-state index contributed by atoms with van der Waals surface area (Å²) in [4.78, 5) is 21.8. The molecule has 4 heteroatoms. The van der Waals surface area contributed by atoms with E-state index in [2.05, 4.69) is 6.92 Å². The van der Waals surface area contributed by atoms with Crippen LogP contribution >= 0.6 is 0 Å². The van der Waals surface area contributed by atoms with Crippen molar-refractivity contribution in [2.45, 2.75) is 78.1 Å². The Bertz CT molecular complexity index is 331. The average molecular weight is 284 g/mol. The van der Waals surface area contributed by atoms with Gasteiger partial charge in [0, 0.05) is 11.1 Å². The first-order chi connectivity index (χ1) is 9.50. The van der Waals surface area contributed by atoms with E-state index in [9.17, 15) is 9.59 Å². The molecule has 0 saturated heterocycles. The van der Waals surface area contributed by atoms with Gasteiger partial charge in [-0.25, -0.2) is 9.59 Å². The minimum absolute atomic E-state index is 0.0421. The van der Waals surface area contributed by atoms with Gasteiger partial charge in [0.05, 0.1) is 0 Å². The molecule has 20 heavy (non-hydrogen) atoms. The fourth-order valence-corrected chi connectivity index (χ4v) is 2.20. The van der Waals surface area contributed by atoms with E-state index in [1.54, 1.807) is 0 Å². The van der Waals surface area contributed by atoms with Gasteiger partial charge in [-0.2, -0.15) is 0 Å². The van der Waals surface area contributed by atoms with Crippen LogP contribution in [0.1, 0.15) is 78.1 Å². The van der Waals surface area contributed by atoms with E-state index in [1.807, 2.05) is 0 Å². The fraction of sp³-hybridized carbons (Fsp3) is 0.750. The lowest BCUT2D eigenvalue weighted by molar-refractivity contribution is -0.136. The molecule has 0 radical (unpaired) electrons. The average Bonchev–Trinajstić information content (AvgIpc) is 2.39. The van der Waals surface area contributed by atoms with Crippen LogP contribution in [0, 0.1) is 0 Å². The summed E-state index contributed by atoms with van der Waals surface area (Å²) >= 11 is 0. The standard InChI is InChI=1S/C16H28O4/c1-3-4-5-6-7-8-9-10-11-12-14(16(19)20)13(2)15(17)18/h3-12H2,1-2H3,(H,17,18)(H,19,20)/b14-13-. The number of aliphatic carboxylic acids is 2. The Balaban J connectivity index is 3.79. The van der Waals surface area contributed by atoms with Crippen molar-refractivity contribution in [3.8, 4) is 0 Å². The summed E-state index contributed by atoms with van der Waals surface area (Å²) in [5.41, 5.74) is -0.00230. The van der Waals surface area contributed by atoms with Gasteiger partial charge in [-0.1, -0.05) is 58.3 Å². The topological polar surface area (TPSA) is 74.6 Å². The van der Waals surface area contributed by atoms with Gasteiger partial charge in [-0.05, 0) is 19.8 Å². The highest BCUT2D eigenvalue weighted by Gasteiger charge is 2.15. The predicted octanol–water partition coefficient (Wildman–Crippen LogP) is 4.39. The van der Waals surface area contributed by atoms with Crippen LogP contribution in [0.15, 0.2) is 11.1 Å². The third-order valence-corrected chi connectivity index (χ3v) is 3.56. The molecule has 2 N–H and O–H groups in total. The minimum atomic E-state index is -1.14. The van der Waals surface area contributed by atoms with Crippen LogP contribution in [0.3, 0.4) is 0 Å². The Hall–Kier alpha value is -1.32. The lowest BCUT2D eigenvalue weighted by Crippen LogP contribution is -2.09. The summed E-state index contributed by atoms with van der Waals surface area (Å²) < 4.78 is 0. The van der Waals surface area contributed by atoms with Crippen LogP contribution in [0.4, 0.5) is 0 Å². The molecule has 0 aromatic rings. The summed E-state index contributed by atoms with van der Waals surface area (Å²) in [5.74, 6) is -2.25. The zero-order valence-corrected chi connectivity index (χ0v) is 12.8. The van der Waals surface area contributed by atoms with Gasteiger partial charge in [-0.3, -0.25) is 0 Å². The normalized spacial score (nSPS) is 12.1. The molecule has 0 aromatic heterocycles. The lowest BCUT2D eigenvalue weighted by atomic mass is 10.0. The van der Waals surface area contributed by atoms with E-state index in [1.165, 1.54) is 45.4 Å². The summed E-state index contributed by atoms with van der Waals surface area (Å²) in [7, 11) is 0. The SMILES string of the molecule is CCCCCCCCCCC/C(C(=O)O)=C(\C)C(=O)O. The van der Waals surface area contributed by atoms with Crippen molar-refractivity contribution >= 4 is 11.9 Å². The second kappa shape index (κ2) is 11.5. The number of carboxylic acids is 2. The molecule has 4 nitrogen and oxygen atoms in total. The Kier molecular flexibility index (Phi) is 10.7. The highest BCUT2D eigenvalue weighted by Crippen LogP contribution is 2.16. The highest BCUT2D eigenvalue weighted by atomic mass is 16.4. The van der Waals surface area contributed by atoms with Gasteiger partial charge >= 0.3 is 11.9 Å². The van der Waals surface area contributed by atoms with Crippen molar-refractivity contribution in [1.82, 2.24) is 0 Å². The Morgan fingerprint density at radius 2 is 1.20 bits per heavy atom. The summed E-state index contributed by atoms with van der Waals surface area (Å²) in [6.45, 7) is 3.56. The lowest BCUT2D eigenvalue weighted by Gasteiger charge is -2.05. The molecule has 0 aliphatic heterocycles. The van der Waals surface area contributed by atoms with E-state index in [-0.39, 0.29) is 11.1 Å². The third kappa shape index (κ3) is 8.73. The fourth-order valence-electron chi connectivity index (χ4n) is 2.20. The molecule has 0 unspecified atom stereocenters. The first-order valence-electron chi connectivity index (χ1n) is 7.67. The van der Waals surface area contributed by atoms with E-state index in [0.717, 1.165) is 19.3 Å². The van der Waals surface area contributed by atoms with Gasteiger partial charge in [-0.15, -0.1) is 0 Å². The second-order valence-corrected chi connectivity index (χ2v) is 5.29. The molecule has 0 rings (SSSR count). The minimum Gasteiger partial charge on any atom is -0.478 e. The number of unbranched alkanes of at least 4 members (excludes halogenated alkanes) is 8. The first kappa shape index (κ1) is 18.7. The molecule has 0 bridgehead atoms. The van der Waals surface area contributed by atoms with Crippen molar-refractivity contribution in [2.75, 3.05) is 0 Å². The van der Waals surface area contributed by atoms with Crippen LogP contribution in [0.2, 0.25) is 0 Å². The van der Waals surface area contributed by atoms with E-state index >= 15 is 0 Å². The Morgan fingerprint density at radius 3 is 1.60 bits per heavy atom. The number of hydrogen-bond donors (Lipinski definition) is 2. The molecule has 0 heterocycles. The molecular formula is C16H28O4. The Labute approximate surface area is 121 Å². The van der Waals surface area contributed by atoms with Gasteiger partial charge in [0.2, 0.25) is 0 Å². The van der Waals surface area contributed by atoms with Crippen LogP contribution in [-0.2, 0) is 9.59 Å².